The van der Waals surface area contributed by atoms with Gasteiger partial charge in [0.25, 0.3) is 0 Å². The number of anilines is 2. The largest absolute Gasteiger partial charge is 0.326 e. The number of rotatable bonds is 2. The molecule has 7 heteroatoms. The number of aryl methyl sites for hydroxylation is 1. The van der Waals surface area contributed by atoms with E-state index in [0.717, 1.165) is 31.6 Å². The van der Waals surface area contributed by atoms with Gasteiger partial charge in [0.05, 0.1) is 12.1 Å². The van der Waals surface area contributed by atoms with E-state index in [4.69, 9.17) is 0 Å². The molecule has 1 atom stereocenters. The van der Waals surface area contributed by atoms with E-state index in [2.05, 4.69) is 15.6 Å². The fraction of sp³-hybridized carbons (Fsp3) is 0.353. The van der Waals surface area contributed by atoms with Gasteiger partial charge in [-0.25, -0.2) is 9.37 Å². The number of hydrogen-bond acceptors (Lipinski definition) is 3. The normalized spacial score (nSPS) is 19.2. The average molecular weight is 328 g/mol. The second-order valence-corrected chi connectivity index (χ2v) is 6.19. The van der Waals surface area contributed by atoms with E-state index in [0.29, 0.717) is 17.1 Å². The van der Waals surface area contributed by atoms with Gasteiger partial charge in [0.1, 0.15) is 17.5 Å². The van der Waals surface area contributed by atoms with Gasteiger partial charge in [-0.1, -0.05) is 0 Å². The molecule has 1 aromatic carbocycles. The van der Waals surface area contributed by atoms with Crippen LogP contribution in [-0.4, -0.2) is 21.4 Å². The van der Waals surface area contributed by atoms with Crippen molar-refractivity contribution in [3.63, 3.8) is 0 Å². The summed E-state index contributed by atoms with van der Waals surface area (Å²) in [6, 6.07) is 4.07. The quantitative estimate of drug-likeness (QED) is 0.889. The number of benzene rings is 1. The molecule has 0 aliphatic carbocycles. The topological polar surface area (TPSA) is 76.0 Å². The Balaban J connectivity index is 1.62. The molecule has 2 aromatic rings. The van der Waals surface area contributed by atoms with E-state index < -0.39 is 11.7 Å². The van der Waals surface area contributed by atoms with Gasteiger partial charge in [-0.05, 0) is 36.6 Å². The molecule has 0 saturated carbocycles. The van der Waals surface area contributed by atoms with E-state index in [1.54, 1.807) is 6.20 Å². The van der Waals surface area contributed by atoms with Crippen LogP contribution in [0.15, 0.2) is 24.4 Å². The van der Waals surface area contributed by atoms with Gasteiger partial charge in [0.15, 0.2) is 0 Å². The van der Waals surface area contributed by atoms with Crippen LogP contribution in [0.25, 0.3) is 0 Å². The molecule has 0 radical (unpaired) electrons. The molecule has 2 amide bonds. The van der Waals surface area contributed by atoms with Crippen molar-refractivity contribution in [1.82, 2.24) is 9.55 Å². The third-order valence-corrected chi connectivity index (χ3v) is 4.59. The summed E-state index contributed by atoms with van der Waals surface area (Å²) in [5, 5.41) is 5.54. The maximum absolute atomic E-state index is 13.6. The maximum atomic E-state index is 13.6. The van der Waals surface area contributed by atoms with E-state index in [1.807, 2.05) is 4.57 Å². The van der Waals surface area contributed by atoms with Crippen LogP contribution in [0.5, 0.6) is 0 Å². The number of halogens is 1. The first-order chi connectivity index (χ1) is 11.6. The molecule has 2 aliphatic rings. The Morgan fingerprint density at radius 3 is 3.12 bits per heavy atom. The number of amides is 2. The first-order valence-corrected chi connectivity index (χ1v) is 8.06. The number of carbonyl (C=O) groups excluding carboxylic acids is 2. The molecule has 2 aliphatic heterocycles. The smallest absolute Gasteiger partial charge is 0.233 e. The Labute approximate surface area is 138 Å². The minimum Gasteiger partial charge on any atom is -0.326 e. The molecule has 3 heterocycles. The molecular formula is C17H17FN4O2. The fourth-order valence-corrected chi connectivity index (χ4v) is 3.40. The molecule has 0 saturated heterocycles. The van der Waals surface area contributed by atoms with Crippen molar-refractivity contribution in [2.24, 2.45) is 0 Å². The number of carbonyl (C=O) groups is 2. The lowest BCUT2D eigenvalue weighted by Crippen LogP contribution is -2.31. The molecular weight excluding hydrogens is 311 g/mol. The lowest BCUT2D eigenvalue weighted by molar-refractivity contribution is -0.123. The highest BCUT2D eigenvalue weighted by Crippen LogP contribution is 2.34. The second-order valence-electron chi connectivity index (χ2n) is 6.19. The Kier molecular flexibility index (Phi) is 3.55. The zero-order valence-electron chi connectivity index (χ0n) is 13.0. The molecule has 6 nitrogen and oxygen atoms in total. The van der Waals surface area contributed by atoms with Crippen LogP contribution in [0, 0.1) is 5.82 Å². The van der Waals surface area contributed by atoms with Crippen LogP contribution in [0.2, 0.25) is 0 Å². The minimum atomic E-state index is -0.709. The van der Waals surface area contributed by atoms with E-state index >= 15 is 0 Å². The van der Waals surface area contributed by atoms with Crippen LogP contribution in [0.1, 0.15) is 36.6 Å². The molecule has 0 spiro atoms. The number of hydrogen-bond donors (Lipinski definition) is 2. The summed E-state index contributed by atoms with van der Waals surface area (Å²) in [6.45, 7) is 0.821. The van der Waals surface area contributed by atoms with E-state index in [-0.39, 0.29) is 18.2 Å². The predicted molar refractivity (Wildman–Crippen MR) is 86.2 cm³/mol. The first kappa shape index (κ1) is 14.9. The summed E-state index contributed by atoms with van der Waals surface area (Å²) in [5.41, 5.74) is 0.994. The van der Waals surface area contributed by atoms with Gasteiger partial charge in [0, 0.05) is 25.1 Å². The van der Waals surface area contributed by atoms with Crippen molar-refractivity contribution in [2.45, 2.75) is 38.1 Å². The monoisotopic (exact) mass is 328 g/mol. The number of imidazole rings is 1. The van der Waals surface area contributed by atoms with Gasteiger partial charge >= 0.3 is 0 Å². The van der Waals surface area contributed by atoms with Crippen molar-refractivity contribution < 1.29 is 14.0 Å². The summed E-state index contributed by atoms with van der Waals surface area (Å²) in [4.78, 5) is 28.9. The fourth-order valence-electron chi connectivity index (χ4n) is 3.40. The minimum absolute atomic E-state index is 0.00325. The van der Waals surface area contributed by atoms with E-state index in [1.165, 1.54) is 18.2 Å². The highest BCUT2D eigenvalue weighted by atomic mass is 19.1. The molecule has 1 aromatic heterocycles. The Hall–Kier alpha value is -2.70. The van der Waals surface area contributed by atoms with Crippen molar-refractivity contribution >= 4 is 23.3 Å². The zero-order chi connectivity index (χ0) is 16.7. The Bertz CT molecular complexity index is 830. The second kappa shape index (κ2) is 5.74. The summed E-state index contributed by atoms with van der Waals surface area (Å²) in [6.07, 6.45) is 4.69. The SMILES string of the molecule is O=C1C[C@@H](C(=O)Nc2cnc3n2CCCC3)c2cc(F)ccc2N1. The number of fused-ring (bicyclic) bond motifs is 2. The molecule has 124 valence electrons. The molecule has 0 fully saturated rings. The third-order valence-electron chi connectivity index (χ3n) is 4.59. The van der Waals surface area contributed by atoms with Gasteiger partial charge in [-0.3, -0.25) is 9.59 Å². The zero-order valence-corrected chi connectivity index (χ0v) is 13.0. The van der Waals surface area contributed by atoms with E-state index in [9.17, 15) is 14.0 Å². The van der Waals surface area contributed by atoms with Gasteiger partial charge in [-0.2, -0.15) is 0 Å². The number of nitrogens with one attached hydrogen (secondary N) is 2. The van der Waals surface area contributed by atoms with Gasteiger partial charge < -0.3 is 15.2 Å². The Morgan fingerprint density at radius 1 is 1.38 bits per heavy atom. The van der Waals surface area contributed by atoms with Crippen molar-refractivity contribution in [3.8, 4) is 0 Å². The Morgan fingerprint density at radius 2 is 2.25 bits per heavy atom. The molecule has 24 heavy (non-hydrogen) atoms. The van der Waals surface area contributed by atoms with Crippen molar-refractivity contribution in [2.75, 3.05) is 10.6 Å². The first-order valence-electron chi connectivity index (χ1n) is 8.06. The molecule has 0 unspecified atom stereocenters. The molecule has 4 rings (SSSR count). The van der Waals surface area contributed by atoms with Crippen molar-refractivity contribution in [1.29, 1.82) is 0 Å². The van der Waals surface area contributed by atoms with Crippen LogP contribution in [0.3, 0.4) is 0 Å². The summed E-state index contributed by atoms with van der Waals surface area (Å²) < 4.78 is 15.6. The number of aromatic nitrogens is 2. The van der Waals surface area contributed by atoms with Gasteiger partial charge in [0.2, 0.25) is 11.8 Å². The van der Waals surface area contributed by atoms with Crippen LogP contribution < -0.4 is 10.6 Å². The molecule has 0 bridgehead atoms. The number of nitrogens with zero attached hydrogens (tertiary/aromatic N) is 2. The summed E-state index contributed by atoms with van der Waals surface area (Å²) in [5.74, 6) is -0.0961. The molecule has 2 N–H and O–H groups in total. The van der Waals surface area contributed by atoms with Crippen molar-refractivity contribution in [3.05, 3.63) is 41.6 Å². The van der Waals surface area contributed by atoms with Gasteiger partial charge in [-0.15, -0.1) is 0 Å². The predicted octanol–water partition coefficient (Wildman–Crippen LogP) is 2.42. The summed E-state index contributed by atoms with van der Waals surface area (Å²) >= 11 is 0. The van der Waals surface area contributed by atoms with Crippen LogP contribution in [-0.2, 0) is 22.6 Å². The highest BCUT2D eigenvalue weighted by molar-refractivity contribution is 6.04. The lowest BCUT2D eigenvalue weighted by atomic mass is 9.89. The lowest BCUT2D eigenvalue weighted by Gasteiger charge is -2.25. The maximum Gasteiger partial charge on any atom is 0.233 e. The van der Waals surface area contributed by atoms with Crippen LogP contribution in [0.4, 0.5) is 15.9 Å². The highest BCUT2D eigenvalue weighted by Gasteiger charge is 2.31. The standard InChI is InChI=1S/C17H17FN4O2/c18-10-4-5-13-11(7-10)12(8-16(23)20-13)17(24)21-15-9-19-14-3-1-2-6-22(14)15/h4-5,7,9,12H,1-3,6,8H2,(H,20,23)(H,21,24)/t12-/m1/s1. The third kappa shape index (κ3) is 2.55. The average Bonchev–Trinajstić information content (AvgIpc) is 2.98. The summed E-state index contributed by atoms with van der Waals surface area (Å²) in [7, 11) is 0. The van der Waals surface area contributed by atoms with Crippen LogP contribution >= 0.6 is 0 Å².